The average molecular weight is 225 g/mol. The molecule has 0 aliphatic heterocycles. The molecule has 0 unspecified atom stereocenters. The van der Waals surface area contributed by atoms with Crippen LogP contribution in [0.25, 0.3) is 6.08 Å². The van der Waals surface area contributed by atoms with Gasteiger partial charge in [0.1, 0.15) is 6.07 Å². The number of aryl methyl sites for hydroxylation is 2. The van der Waals surface area contributed by atoms with Gasteiger partial charge in [0.15, 0.2) is 0 Å². The molecule has 0 heterocycles. The number of nitrogens with one attached hydrogen (secondary N) is 2. The fourth-order valence-corrected chi connectivity index (χ4v) is 1.56. The Hall–Kier alpha value is -2.21. The summed E-state index contributed by atoms with van der Waals surface area (Å²) in [6.45, 7) is 5.45. The SMILES string of the molecule is CC(=N)C(=N)/C(C#N)=C/c1c(C)cccc1C. The maximum Gasteiger partial charge on any atom is 0.101 e. The summed E-state index contributed by atoms with van der Waals surface area (Å²) in [6.07, 6.45) is 1.69. The first-order chi connectivity index (χ1) is 7.97. The van der Waals surface area contributed by atoms with Crippen molar-refractivity contribution in [1.82, 2.24) is 0 Å². The minimum Gasteiger partial charge on any atom is -0.303 e. The second kappa shape index (κ2) is 5.22. The zero-order chi connectivity index (χ0) is 13.0. The van der Waals surface area contributed by atoms with Gasteiger partial charge >= 0.3 is 0 Å². The van der Waals surface area contributed by atoms with Crippen LogP contribution < -0.4 is 0 Å². The van der Waals surface area contributed by atoms with Gasteiger partial charge in [0.25, 0.3) is 0 Å². The van der Waals surface area contributed by atoms with Crippen molar-refractivity contribution >= 4 is 17.5 Å². The lowest BCUT2D eigenvalue weighted by Gasteiger charge is -2.06. The largest absolute Gasteiger partial charge is 0.303 e. The number of nitriles is 1. The second-order valence-electron chi connectivity index (χ2n) is 3.98. The number of allylic oxidation sites excluding steroid dienone is 1. The third kappa shape index (κ3) is 2.88. The molecule has 2 N–H and O–H groups in total. The predicted octanol–water partition coefficient (Wildman–Crippen LogP) is 3.27. The molecule has 0 spiro atoms. The average Bonchev–Trinajstić information content (AvgIpc) is 2.28. The molecule has 0 bridgehead atoms. The Morgan fingerprint density at radius 3 is 2.18 bits per heavy atom. The molecule has 1 aromatic rings. The van der Waals surface area contributed by atoms with E-state index in [1.54, 1.807) is 6.08 Å². The summed E-state index contributed by atoms with van der Waals surface area (Å²) in [5.74, 6) is 0. The van der Waals surface area contributed by atoms with Gasteiger partial charge in [-0.25, -0.2) is 0 Å². The Labute approximate surface area is 101 Å². The van der Waals surface area contributed by atoms with Crippen LogP contribution in [0.1, 0.15) is 23.6 Å². The van der Waals surface area contributed by atoms with Gasteiger partial charge in [0, 0.05) is 0 Å². The Morgan fingerprint density at radius 2 is 1.76 bits per heavy atom. The molecule has 1 aromatic carbocycles. The van der Waals surface area contributed by atoms with E-state index in [-0.39, 0.29) is 17.0 Å². The van der Waals surface area contributed by atoms with Crippen molar-refractivity contribution in [1.29, 1.82) is 16.1 Å². The molecule has 0 amide bonds. The highest BCUT2D eigenvalue weighted by Crippen LogP contribution is 2.17. The van der Waals surface area contributed by atoms with Gasteiger partial charge in [-0.15, -0.1) is 0 Å². The molecular formula is C14H15N3. The van der Waals surface area contributed by atoms with Crippen LogP contribution in [0.4, 0.5) is 0 Å². The summed E-state index contributed by atoms with van der Waals surface area (Å²) in [4.78, 5) is 0. The van der Waals surface area contributed by atoms with Crippen molar-refractivity contribution in [3.63, 3.8) is 0 Å². The zero-order valence-corrected chi connectivity index (χ0v) is 10.3. The minimum absolute atomic E-state index is 0.0184. The number of nitrogens with zero attached hydrogens (tertiary/aromatic N) is 1. The quantitative estimate of drug-likeness (QED) is 0.601. The van der Waals surface area contributed by atoms with E-state index in [2.05, 4.69) is 0 Å². The van der Waals surface area contributed by atoms with Crippen LogP contribution in [0.5, 0.6) is 0 Å². The van der Waals surface area contributed by atoms with Crippen LogP contribution in [0.3, 0.4) is 0 Å². The maximum absolute atomic E-state index is 9.03. The number of hydrogen-bond donors (Lipinski definition) is 2. The van der Waals surface area contributed by atoms with Gasteiger partial charge < -0.3 is 5.41 Å². The predicted molar refractivity (Wildman–Crippen MR) is 70.6 cm³/mol. The Morgan fingerprint density at radius 1 is 1.24 bits per heavy atom. The maximum atomic E-state index is 9.03. The van der Waals surface area contributed by atoms with Gasteiger partial charge in [-0.05, 0) is 43.5 Å². The Bertz CT molecular complexity index is 525. The molecule has 0 saturated carbocycles. The summed E-state index contributed by atoms with van der Waals surface area (Å²) in [5, 5.41) is 24.1. The van der Waals surface area contributed by atoms with Crippen LogP contribution in [-0.4, -0.2) is 11.4 Å². The molecule has 0 atom stereocenters. The summed E-state index contributed by atoms with van der Waals surface area (Å²) in [6, 6.07) is 7.88. The van der Waals surface area contributed by atoms with Gasteiger partial charge in [-0.3, -0.25) is 5.41 Å². The first-order valence-corrected chi connectivity index (χ1v) is 5.29. The fourth-order valence-electron chi connectivity index (χ4n) is 1.56. The van der Waals surface area contributed by atoms with Crippen molar-refractivity contribution in [2.24, 2.45) is 0 Å². The van der Waals surface area contributed by atoms with E-state index >= 15 is 0 Å². The van der Waals surface area contributed by atoms with Crippen molar-refractivity contribution in [2.75, 3.05) is 0 Å². The smallest absolute Gasteiger partial charge is 0.101 e. The molecule has 0 aromatic heterocycles. The highest BCUT2D eigenvalue weighted by molar-refractivity contribution is 6.47. The monoisotopic (exact) mass is 225 g/mol. The highest BCUT2D eigenvalue weighted by Gasteiger charge is 2.08. The summed E-state index contributed by atoms with van der Waals surface area (Å²) in [5.41, 5.74) is 3.39. The molecule has 0 fully saturated rings. The molecule has 0 radical (unpaired) electrons. The molecular weight excluding hydrogens is 210 g/mol. The van der Waals surface area contributed by atoms with E-state index in [1.165, 1.54) is 6.92 Å². The second-order valence-corrected chi connectivity index (χ2v) is 3.98. The van der Waals surface area contributed by atoms with E-state index in [0.29, 0.717) is 0 Å². The topological polar surface area (TPSA) is 71.5 Å². The van der Waals surface area contributed by atoms with Crippen molar-refractivity contribution < 1.29 is 0 Å². The standard InChI is InChI=1S/C14H15N3/c1-9-5-4-6-10(2)13(9)7-12(8-15)14(17)11(3)16/h4-7,16-17H,1-3H3/b12-7+,16-11?,17-14?. The molecule has 0 aliphatic carbocycles. The first-order valence-electron chi connectivity index (χ1n) is 5.29. The molecule has 1 rings (SSSR count). The van der Waals surface area contributed by atoms with Gasteiger partial charge in [-0.1, -0.05) is 18.2 Å². The lowest BCUT2D eigenvalue weighted by Crippen LogP contribution is -2.09. The molecule has 17 heavy (non-hydrogen) atoms. The van der Waals surface area contributed by atoms with E-state index in [4.69, 9.17) is 16.1 Å². The fraction of sp³-hybridized carbons (Fsp3) is 0.214. The molecule has 0 aliphatic rings. The third-order valence-electron chi connectivity index (χ3n) is 2.60. The Balaban J connectivity index is 3.31. The van der Waals surface area contributed by atoms with E-state index < -0.39 is 0 Å². The molecule has 86 valence electrons. The van der Waals surface area contributed by atoms with Crippen molar-refractivity contribution in [2.45, 2.75) is 20.8 Å². The van der Waals surface area contributed by atoms with Crippen molar-refractivity contribution in [3.05, 3.63) is 40.5 Å². The molecule has 0 saturated heterocycles. The summed E-state index contributed by atoms with van der Waals surface area (Å²) in [7, 11) is 0. The summed E-state index contributed by atoms with van der Waals surface area (Å²) < 4.78 is 0. The van der Waals surface area contributed by atoms with Crippen molar-refractivity contribution in [3.8, 4) is 6.07 Å². The number of rotatable bonds is 3. The molecule has 3 heteroatoms. The van der Waals surface area contributed by atoms with Crippen LogP contribution in [0.2, 0.25) is 0 Å². The van der Waals surface area contributed by atoms with Gasteiger partial charge in [0.05, 0.1) is 17.0 Å². The van der Waals surface area contributed by atoms with Crippen LogP contribution in [-0.2, 0) is 0 Å². The molecule has 3 nitrogen and oxygen atoms in total. The lowest BCUT2D eigenvalue weighted by atomic mass is 9.98. The normalized spacial score (nSPS) is 10.8. The zero-order valence-electron chi connectivity index (χ0n) is 10.3. The highest BCUT2D eigenvalue weighted by atomic mass is 14.5. The van der Waals surface area contributed by atoms with E-state index in [9.17, 15) is 0 Å². The first kappa shape index (κ1) is 12.9. The van der Waals surface area contributed by atoms with Gasteiger partial charge in [-0.2, -0.15) is 5.26 Å². The van der Waals surface area contributed by atoms with Gasteiger partial charge in [0.2, 0.25) is 0 Å². The lowest BCUT2D eigenvalue weighted by molar-refractivity contribution is 1.35. The van der Waals surface area contributed by atoms with Crippen LogP contribution in [0, 0.1) is 36.0 Å². The van der Waals surface area contributed by atoms with E-state index in [0.717, 1.165) is 16.7 Å². The summed E-state index contributed by atoms with van der Waals surface area (Å²) >= 11 is 0. The Kier molecular flexibility index (Phi) is 3.95. The van der Waals surface area contributed by atoms with E-state index in [1.807, 2.05) is 38.1 Å². The minimum atomic E-state index is -0.0184. The number of benzene rings is 1. The van der Waals surface area contributed by atoms with Crippen LogP contribution >= 0.6 is 0 Å². The van der Waals surface area contributed by atoms with Crippen LogP contribution in [0.15, 0.2) is 23.8 Å². The number of hydrogen-bond acceptors (Lipinski definition) is 3. The third-order valence-corrected chi connectivity index (χ3v) is 2.60.